The van der Waals surface area contributed by atoms with Gasteiger partial charge in [0.1, 0.15) is 0 Å². The number of hydrogen-bond donors (Lipinski definition) is 2. The molecule has 2 aromatic rings. The maximum atomic E-state index is 13.1. The molecular weight excluding hydrogens is 438 g/mol. The highest BCUT2D eigenvalue weighted by Gasteiger charge is 2.39. The Morgan fingerprint density at radius 3 is 2.09 bits per heavy atom. The first kappa shape index (κ1) is 24.1. The van der Waals surface area contributed by atoms with E-state index in [2.05, 4.69) is 5.32 Å². The van der Waals surface area contributed by atoms with E-state index < -0.39 is 42.1 Å². The Kier molecular flexibility index (Phi) is 7.14. The van der Waals surface area contributed by atoms with Gasteiger partial charge in [0, 0.05) is 12.0 Å². The average Bonchev–Trinajstić information content (AvgIpc) is 3.12. The summed E-state index contributed by atoms with van der Waals surface area (Å²) in [7, 11) is 0. The van der Waals surface area contributed by atoms with E-state index in [1.807, 2.05) is 30.3 Å². The molecule has 0 heterocycles. The summed E-state index contributed by atoms with van der Waals surface area (Å²) in [6, 6.07) is 10.4. The molecule has 1 fully saturated rings. The van der Waals surface area contributed by atoms with Crippen LogP contribution in [0.15, 0.2) is 48.5 Å². The Labute approximate surface area is 180 Å². The van der Waals surface area contributed by atoms with Gasteiger partial charge in [-0.25, -0.2) is 0 Å². The molecule has 2 aromatic carbocycles. The second kappa shape index (κ2) is 9.50. The van der Waals surface area contributed by atoms with Crippen molar-refractivity contribution in [3.63, 3.8) is 0 Å². The van der Waals surface area contributed by atoms with Gasteiger partial charge >= 0.3 is 12.4 Å². The normalized spacial score (nSPS) is 21.6. The van der Waals surface area contributed by atoms with Crippen LogP contribution < -0.4 is 11.1 Å². The largest absolute Gasteiger partial charge is 0.416 e. The molecule has 0 saturated heterocycles. The van der Waals surface area contributed by atoms with Crippen molar-refractivity contribution in [3.05, 3.63) is 70.8 Å². The molecule has 32 heavy (non-hydrogen) atoms. The third-order valence-electron chi connectivity index (χ3n) is 5.43. The maximum Gasteiger partial charge on any atom is 0.416 e. The summed E-state index contributed by atoms with van der Waals surface area (Å²) in [4.78, 5) is 11.2. The number of alkyl halides is 6. The van der Waals surface area contributed by atoms with Crippen molar-refractivity contribution in [2.24, 2.45) is 5.73 Å². The van der Waals surface area contributed by atoms with Crippen molar-refractivity contribution in [2.75, 3.05) is 6.54 Å². The summed E-state index contributed by atoms with van der Waals surface area (Å²) in [5.41, 5.74) is 3.12. The monoisotopic (exact) mass is 460 g/mol. The molecular formula is C22H22F6N2O2. The molecule has 174 valence electrons. The second-order valence-electron chi connectivity index (χ2n) is 7.73. The van der Waals surface area contributed by atoms with Gasteiger partial charge in [0.15, 0.2) is 0 Å². The molecule has 0 aromatic heterocycles. The minimum absolute atomic E-state index is 0.0523. The number of benzene rings is 2. The topological polar surface area (TPSA) is 64.4 Å². The highest BCUT2D eigenvalue weighted by molar-refractivity contribution is 5.75. The lowest BCUT2D eigenvalue weighted by molar-refractivity contribution is -0.143. The van der Waals surface area contributed by atoms with Crippen LogP contribution in [0.25, 0.3) is 0 Å². The van der Waals surface area contributed by atoms with Gasteiger partial charge in [-0.1, -0.05) is 30.3 Å². The fourth-order valence-electron chi connectivity index (χ4n) is 4.04. The molecule has 1 aliphatic carbocycles. The van der Waals surface area contributed by atoms with Crippen molar-refractivity contribution in [1.82, 2.24) is 5.32 Å². The molecule has 0 bridgehead atoms. The van der Waals surface area contributed by atoms with Crippen LogP contribution in [0.1, 0.15) is 41.0 Å². The molecule has 10 heteroatoms. The maximum absolute atomic E-state index is 13.1. The van der Waals surface area contributed by atoms with E-state index in [1.165, 1.54) is 0 Å². The third kappa shape index (κ3) is 6.01. The van der Waals surface area contributed by atoms with E-state index in [9.17, 15) is 31.1 Å². The number of carbonyl (C=O) groups excluding carboxylic acids is 1. The highest BCUT2D eigenvalue weighted by Crippen LogP contribution is 2.39. The zero-order valence-electron chi connectivity index (χ0n) is 16.8. The molecule has 0 spiro atoms. The van der Waals surface area contributed by atoms with Crippen molar-refractivity contribution < 1.29 is 35.9 Å². The van der Waals surface area contributed by atoms with Crippen LogP contribution in [0.5, 0.6) is 0 Å². The Balaban J connectivity index is 1.82. The van der Waals surface area contributed by atoms with Crippen LogP contribution in [0.2, 0.25) is 0 Å². The molecule has 3 N–H and O–H groups in total. The van der Waals surface area contributed by atoms with Crippen LogP contribution in [-0.4, -0.2) is 24.6 Å². The van der Waals surface area contributed by atoms with Gasteiger partial charge in [-0.3, -0.25) is 4.79 Å². The standard InChI is InChI=1S/C22H22F6N2O2/c23-21(24,25)15-8-13(9-16(10-15)22(26,27)28)12-32-18-7-6-17(30-11-19(29)31)20(18)14-4-2-1-3-5-14/h1-5,8-10,17-18,20,30H,6-7,11-12H2,(H2,29,31)/t17-,18-,20+/m0/s1. The molecule has 1 aliphatic rings. The number of ether oxygens (including phenoxy) is 1. The van der Waals surface area contributed by atoms with Crippen molar-refractivity contribution >= 4 is 5.91 Å². The summed E-state index contributed by atoms with van der Waals surface area (Å²) in [5, 5.41) is 3.06. The minimum Gasteiger partial charge on any atom is -0.373 e. The molecule has 3 rings (SSSR count). The molecule has 1 amide bonds. The lowest BCUT2D eigenvalue weighted by Crippen LogP contribution is -2.39. The van der Waals surface area contributed by atoms with E-state index >= 15 is 0 Å². The fourth-order valence-corrected chi connectivity index (χ4v) is 4.04. The molecule has 4 nitrogen and oxygen atoms in total. The highest BCUT2D eigenvalue weighted by atomic mass is 19.4. The zero-order chi connectivity index (χ0) is 23.5. The Bertz CT molecular complexity index is 898. The number of hydrogen-bond acceptors (Lipinski definition) is 3. The van der Waals surface area contributed by atoms with Crippen LogP contribution >= 0.6 is 0 Å². The first-order valence-corrected chi connectivity index (χ1v) is 9.91. The first-order chi connectivity index (χ1) is 14.9. The van der Waals surface area contributed by atoms with Gasteiger partial charge < -0.3 is 15.8 Å². The van der Waals surface area contributed by atoms with Crippen LogP contribution in [0.4, 0.5) is 26.3 Å². The van der Waals surface area contributed by atoms with Gasteiger partial charge in [0.2, 0.25) is 5.91 Å². The first-order valence-electron chi connectivity index (χ1n) is 9.91. The average molecular weight is 460 g/mol. The number of nitrogens with two attached hydrogens (primary N) is 1. The fraction of sp³-hybridized carbons (Fsp3) is 0.409. The van der Waals surface area contributed by atoms with E-state index in [0.717, 1.165) is 5.56 Å². The van der Waals surface area contributed by atoms with E-state index in [0.29, 0.717) is 25.0 Å². The summed E-state index contributed by atoms with van der Waals surface area (Å²) in [5.74, 6) is -0.784. The Morgan fingerprint density at radius 1 is 0.969 bits per heavy atom. The number of halogens is 6. The second-order valence-corrected chi connectivity index (χ2v) is 7.73. The van der Waals surface area contributed by atoms with Crippen molar-refractivity contribution in [1.29, 1.82) is 0 Å². The molecule has 1 saturated carbocycles. The van der Waals surface area contributed by atoms with Gasteiger partial charge in [-0.2, -0.15) is 26.3 Å². The summed E-state index contributed by atoms with van der Waals surface area (Å²) < 4.78 is 84.5. The molecule has 0 unspecified atom stereocenters. The molecule has 0 radical (unpaired) electrons. The van der Waals surface area contributed by atoms with Crippen LogP contribution in [-0.2, 0) is 28.5 Å². The van der Waals surface area contributed by atoms with E-state index in [4.69, 9.17) is 10.5 Å². The number of nitrogens with one attached hydrogen (secondary N) is 1. The predicted molar refractivity (Wildman–Crippen MR) is 104 cm³/mol. The van der Waals surface area contributed by atoms with Gasteiger partial charge in [0.25, 0.3) is 0 Å². The minimum atomic E-state index is -4.92. The van der Waals surface area contributed by atoms with Gasteiger partial charge in [0.05, 0.1) is 30.4 Å². The number of carbonyl (C=O) groups is 1. The van der Waals surface area contributed by atoms with Crippen LogP contribution in [0, 0.1) is 0 Å². The van der Waals surface area contributed by atoms with E-state index in [-0.39, 0.29) is 30.1 Å². The summed E-state index contributed by atoms with van der Waals surface area (Å²) in [6.45, 7) is -0.465. The lowest BCUT2D eigenvalue weighted by atomic mass is 9.92. The van der Waals surface area contributed by atoms with Crippen molar-refractivity contribution in [3.8, 4) is 0 Å². The number of rotatable bonds is 7. The smallest absolute Gasteiger partial charge is 0.373 e. The SMILES string of the molecule is NC(=O)CN[C@H]1CC[C@H](OCc2cc(C(F)(F)F)cc(C(F)(F)F)c2)[C@@H]1c1ccccc1. The van der Waals surface area contributed by atoms with Crippen LogP contribution in [0.3, 0.4) is 0 Å². The zero-order valence-corrected chi connectivity index (χ0v) is 16.8. The summed E-state index contributed by atoms with van der Waals surface area (Å²) >= 11 is 0. The van der Waals surface area contributed by atoms with Crippen molar-refractivity contribution in [2.45, 2.75) is 49.9 Å². The quantitative estimate of drug-likeness (QED) is 0.593. The predicted octanol–water partition coefficient (Wildman–Crippen LogP) is 4.63. The molecule has 0 aliphatic heterocycles. The Morgan fingerprint density at radius 2 is 1.56 bits per heavy atom. The van der Waals surface area contributed by atoms with E-state index in [1.54, 1.807) is 0 Å². The summed E-state index contributed by atoms with van der Waals surface area (Å²) in [6.07, 6.45) is -9.18. The lowest BCUT2D eigenvalue weighted by Gasteiger charge is -2.26. The Hall–Kier alpha value is -2.59. The number of primary amides is 1. The van der Waals surface area contributed by atoms with Gasteiger partial charge in [-0.05, 0) is 42.2 Å². The number of amides is 1. The third-order valence-corrected chi connectivity index (χ3v) is 5.43. The van der Waals surface area contributed by atoms with Gasteiger partial charge in [-0.15, -0.1) is 0 Å². The molecule has 3 atom stereocenters.